The number of halogens is 1. The van der Waals surface area contributed by atoms with Gasteiger partial charge >= 0.3 is 5.97 Å². The fourth-order valence-corrected chi connectivity index (χ4v) is 4.31. The lowest BCUT2D eigenvalue weighted by Gasteiger charge is -2.20. The molecule has 4 rings (SSSR count). The lowest BCUT2D eigenvalue weighted by molar-refractivity contribution is -0.140. The van der Waals surface area contributed by atoms with Gasteiger partial charge in [-0.25, -0.2) is 4.39 Å². The third-order valence-corrected chi connectivity index (χ3v) is 6.50. The minimum atomic E-state index is -0.294. The molecular weight excluding hydrogens is 473 g/mol. The lowest BCUT2D eigenvalue weighted by Crippen LogP contribution is -2.15. The van der Waals surface area contributed by atoms with Crippen LogP contribution in [-0.4, -0.2) is 32.8 Å². The Morgan fingerprint density at radius 1 is 0.973 bits per heavy atom. The van der Waals surface area contributed by atoms with Gasteiger partial charge in [-0.3, -0.25) is 4.79 Å². The normalized spacial score (nSPS) is 12.3. The molecule has 0 unspecified atom stereocenters. The second-order valence-electron chi connectivity index (χ2n) is 9.05. The average molecular weight is 508 g/mol. The first-order chi connectivity index (χ1) is 18.0. The van der Waals surface area contributed by atoms with Crippen molar-refractivity contribution in [2.75, 3.05) is 26.9 Å². The zero-order valence-corrected chi connectivity index (χ0v) is 21.5. The van der Waals surface area contributed by atoms with Gasteiger partial charge in [0.25, 0.3) is 0 Å². The summed E-state index contributed by atoms with van der Waals surface area (Å²) in [6.07, 6.45) is 3.08. The lowest BCUT2D eigenvalue weighted by atomic mass is 9.96. The molecule has 0 aliphatic carbocycles. The van der Waals surface area contributed by atoms with Crippen molar-refractivity contribution >= 4 is 5.97 Å². The maximum Gasteiger partial charge on any atom is 0.305 e. The zero-order valence-electron chi connectivity index (χ0n) is 21.5. The van der Waals surface area contributed by atoms with Gasteiger partial charge in [0.05, 0.1) is 7.11 Å². The van der Waals surface area contributed by atoms with Crippen LogP contribution in [0.25, 0.3) is 11.1 Å². The van der Waals surface area contributed by atoms with Gasteiger partial charge in [-0.15, -0.1) is 0 Å². The van der Waals surface area contributed by atoms with Crippen molar-refractivity contribution in [2.45, 2.75) is 45.8 Å². The first-order valence-electron chi connectivity index (χ1n) is 12.7. The fourth-order valence-electron chi connectivity index (χ4n) is 4.31. The van der Waals surface area contributed by atoms with E-state index in [2.05, 4.69) is 23.0 Å². The largest absolute Gasteiger partial charge is 0.489 e. The van der Waals surface area contributed by atoms with E-state index in [1.807, 2.05) is 30.3 Å². The molecule has 0 saturated carbocycles. The van der Waals surface area contributed by atoms with Gasteiger partial charge in [0.1, 0.15) is 31.4 Å². The number of carbonyl (C=O) groups excluding carboxylic acids is 1. The molecule has 1 aliphatic rings. The first kappa shape index (κ1) is 26.5. The molecule has 1 aliphatic heterocycles. The minimum absolute atomic E-state index is 0.180. The van der Waals surface area contributed by atoms with E-state index in [1.54, 1.807) is 12.1 Å². The number of carbonyl (C=O) groups is 1. The molecule has 3 aromatic rings. The Morgan fingerprint density at radius 2 is 1.81 bits per heavy atom. The summed E-state index contributed by atoms with van der Waals surface area (Å²) in [6.45, 7) is 4.73. The molecule has 0 amide bonds. The van der Waals surface area contributed by atoms with Crippen molar-refractivity contribution in [1.29, 1.82) is 0 Å². The Hall–Kier alpha value is -3.58. The molecule has 0 saturated heterocycles. The number of ether oxygens (including phenoxy) is 4. The highest BCUT2D eigenvalue weighted by atomic mass is 19.1. The van der Waals surface area contributed by atoms with E-state index in [0.29, 0.717) is 44.1 Å². The molecule has 196 valence electrons. The molecule has 3 aromatic carbocycles. The summed E-state index contributed by atoms with van der Waals surface area (Å²) >= 11 is 0. The molecule has 37 heavy (non-hydrogen) atoms. The summed E-state index contributed by atoms with van der Waals surface area (Å²) in [5, 5.41) is 3.26. The second-order valence-corrected chi connectivity index (χ2v) is 9.05. The van der Waals surface area contributed by atoms with Crippen LogP contribution in [0.5, 0.6) is 17.2 Å². The second kappa shape index (κ2) is 13.1. The van der Waals surface area contributed by atoms with Gasteiger partial charge in [-0.05, 0) is 66.8 Å². The third kappa shape index (κ3) is 7.23. The van der Waals surface area contributed by atoms with E-state index in [9.17, 15) is 9.18 Å². The van der Waals surface area contributed by atoms with Gasteiger partial charge in [-0.2, -0.15) is 0 Å². The molecule has 0 bridgehead atoms. The number of methoxy groups -OCH3 is 1. The van der Waals surface area contributed by atoms with Crippen molar-refractivity contribution in [3.63, 3.8) is 0 Å². The van der Waals surface area contributed by atoms with Crippen LogP contribution in [-0.2, 0) is 22.7 Å². The average Bonchev–Trinajstić information content (AvgIpc) is 2.92. The van der Waals surface area contributed by atoms with E-state index in [4.69, 9.17) is 14.2 Å². The molecule has 1 heterocycles. The highest BCUT2D eigenvalue weighted by molar-refractivity contribution is 5.71. The van der Waals surface area contributed by atoms with Crippen molar-refractivity contribution in [2.24, 2.45) is 0 Å². The molecule has 7 heteroatoms. The highest BCUT2D eigenvalue weighted by Gasteiger charge is 2.14. The van der Waals surface area contributed by atoms with Crippen LogP contribution in [0.15, 0.2) is 54.6 Å². The number of unbranched alkanes of at least 4 members (excludes halogenated alkanes) is 2. The zero-order chi connectivity index (χ0) is 26.0. The monoisotopic (exact) mass is 507 g/mol. The van der Waals surface area contributed by atoms with E-state index >= 15 is 0 Å². The standard InChI is InChI=1S/C30H34FNO5/c1-21-24(7-6-8-26(21)22-11-13-28-29(17-22)36-16-15-35-28)20-37-25-12-10-23(27(31)18-25)19-32-14-5-3-4-9-30(33)34-2/h6-8,10-13,17-18,32H,3-5,9,14-16,19-20H2,1-2H3. The van der Waals surface area contributed by atoms with Crippen molar-refractivity contribution in [3.05, 3.63) is 77.1 Å². The Morgan fingerprint density at radius 3 is 2.62 bits per heavy atom. The summed E-state index contributed by atoms with van der Waals surface area (Å²) in [4.78, 5) is 11.1. The number of benzene rings is 3. The Labute approximate surface area is 217 Å². The van der Waals surface area contributed by atoms with Gasteiger partial charge < -0.3 is 24.3 Å². The smallest absolute Gasteiger partial charge is 0.305 e. The molecule has 6 nitrogen and oxygen atoms in total. The topological polar surface area (TPSA) is 66.0 Å². The van der Waals surface area contributed by atoms with Gasteiger partial charge in [0, 0.05) is 24.6 Å². The van der Waals surface area contributed by atoms with Crippen LogP contribution < -0.4 is 19.5 Å². The van der Waals surface area contributed by atoms with Crippen LogP contribution in [0.4, 0.5) is 4.39 Å². The summed E-state index contributed by atoms with van der Waals surface area (Å²) in [6, 6.07) is 17.1. The van der Waals surface area contributed by atoms with E-state index in [1.165, 1.54) is 13.2 Å². The molecule has 0 fully saturated rings. The fraction of sp³-hybridized carbons (Fsp3) is 0.367. The van der Waals surface area contributed by atoms with Crippen molar-refractivity contribution in [1.82, 2.24) is 5.32 Å². The summed E-state index contributed by atoms with van der Waals surface area (Å²) in [7, 11) is 1.40. The third-order valence-electron chi connectivity index (χ3n) is 6.50. The summed E-state index contributed by atoms with van der Waals surface area (Å²) in [5.74, 6) is 1.54. The van der Waals surface area contributed by atoms with Crippen molar-refractivity contribution < 1.29 is 28.1 Å². The Kier molecular flexibility index (Phi) is 9.38. The summed E-state index contributed by atoms with van der Waals surface area (Å²) < 4.78 is 36.6. The van der Waals surface area contributed by atoms with E-state index in [0.717, 1.165) is 59.6 Å². The maximum absolute atomic E-state index is 14.6. The van der Waals surface area contributed by atoms with E-state index in [-0.39, 0.29) is 11.8 Å². The van der Waals surface area contributed by atoms with Gasteiger partial charge in [0.2, 0.25) is 0 Å². The SMILES string of the molecule is COC(=O)CCCCCNCc1ccc(OCc2cccc(-c3ccc4c(c3)OCCO4)c2C)cc1F. The van der Waals surface area contributed by atoms with Crippen LogP contribution in [0.2, 0.25) is 0 Å². The van der Waals surface area contributed by atoms with Crippen LogP contribution in [0, 0.1) is 12.7 Å². The number of esters is 1. The van der Waals surface area contributed by atoms with Crippen LogP contribution in [0.1, 0.15) is 42.4 Å². The van der Waals surface area contributed by atoms with E-state index < -0.39 is 0 Å². The molecule has 0 radical (unpaired) electrons. The van der Waals surface area contributed by atoms with Gasteiger partial charge in [0.15, 0.2) is 11.5 Å². The number of nitrogens with one attached hydrogen (secondary N) is 1. The number of hydrogen-bond donors (Lipinski definition) is 1. The highest BCUT2D eigenvalue weighted by Crippen LogP contribution is 2.36. The van der Waals surface area contributed by atoms with Crippen LogP contribution in [0.3, 0.4) is 0 Å². The first-order valence-corrected chi connectivity index (χ1v) is 12.7. The molecule has 1 N–H and O–H groups in total. The van der Waals surface area contributed by atoms with Gasteiger partial charge in [-0.1, -0.05) is 36.8 Å². The Balaban J connectivity index is 1.29. The molecule has 0 spiro atoms. The van der Waals surface area contributed by atoms with Crippen LogP contribution >= 0.6 is 0 Å². The maximum atomic E-state index is 14.6. The molecular formula is C30H34FNO5. The number of fused-ring (bicyclic) bond motifs is 1. The number of hydrogen-bond acceptors (Lipinski definition) is 6. The number of rotatable bonds is 12. The van der Waals surface area contributed by atoms with Crippen molar-refractivity contribution in [3.8, 4) is 28.4 Å². The predicted molar refractivity (Wildman–Crippen MR) is 141 cm³/mol. The molecule has 0 aromatic heterocycles. The minimum Gasteiger partial charge on any atom is -0.489 e. The Bertz CT molecular complexity index is 1210. The molecule has 0 atom stereocenters. The summed E-state index contributed by atoms with van der Waals surface area (Å²) in [5.41, 5.74) is 4.88. The quantitative estimate of drug-likeness (QED) is 0.241. The predicted octanol–water partition coefficient (Wildman–Crippen LogP) is 5.97.